The number of amides is 1. The number of ether oxygens (including phenoxy) is 1. The number of aromatic nitrogens is 2. The average Bonchev–Trinajstić information content (AvgIpc) is 3.17. The van der Waals surface area contributed by atoms with Gasteiger partial charge in [0.15, 0.2) is 5.13 Å². The normalized spacial score (nSPS) is 11.0. The van der Waals surface area contributed by atoms with E-state index < -0.39 is 0 Å². The zero-order chi connectivity index (χ0) is 16.5. The van der Waals surface area contributed by atoms with E-state index in [1.54, 1.807) is 7.11 Å². The number of nitrogens with one attached hydrogen (secondary N) is 2. The van der Waals surface area contributed by atoms with Gasteiger partial charge < -0.3 is 15.0 Å². The molecule has 0 saturated carbocycles. The van der Waals surface area contributed by atoms with Gasteiger partial charge in [-0.2, -0.15) is 0 Å². The van der Waals surface area contributed by atoms with E-state index in [2.05, 4.69) is 15.3 Å². The smallest absolute Gasteiger partial charge is 0.230 e. The first-order valence-corrected chi connectivity index (χ1v) is 8.34. The van der Waals surface area contributed by atoms with E-state index in [-0.39, 0.29) is 5.91 Å². The molecule has 4 aromatic rings. The Bertz CT molecular complexity index is 1040. The van der Waals surface area contributed by atoms with Crippen LogP contribution in [-0.4, -0.2) is 23.0 Å². The number of methoxy groups -OCH3 is 1. The summed E-state index contributed by atoms with van der Waals surface area (Å²) in [6.45, 7) is 0. The Balaban J connectivity index is 1.53. The lowest BCUT2D eigenvalue weighted by Gasteiger charge is -2.00. The Morgan fingerprint density at radius 1 is 1.29 bits per heavy atom. The van der Waals surface area contributed by atoms with Gasteiger partial charge in [-0.15, -0.1) is 0 Å². The summed E-state index contributed by atoms with van der Waals surface area (Å²) in [5.74, 6) is 0.702. The molecule has 120 valence electrons. The number of thiazole rings is 1. The van der Waals surface area contributed by atoms with Crippen molar-refractivity contribution in [3.05, 3.63) is 54.2 Å². The van der Waals surface area contributed by atoms with Crippen molar-refractivity contribution in [2.45, 2.75) is 6.42 Å². The van der Waals surface area contributed by atoms with Crippen LogP contribution in [0.25, 0.3) is 21.1 Å². The highest BCUT2D eigenvalue weighted by atomic mass is 32.1. The number of H-pyrrole nitrogens is 1. The lowest BCUT2D eigenvalue weighted by molar-refractivity contribution is -0.115. The summed E-state index contributed by atoms with van der Waals surface area (Å²) in [5.41, 5.74) is 2.86. The van der Waals surface area contributed by atoms with Gasteiger partial charge in [0.05, 0.1) is 23.7 Å². The fourth-order valence-corrected chi connectivity index (χ4v) is 3.61. The maximum absolute atomic E-state index is 12.3. The molecule has 0 aliphatic heterocycles. The third-order valence-electron chi connectivity index (χ3n) is 3.87. The number of carbonyl (C=O) groups is 1. The van der Waals surface area contributed by atoms with Crippen molar-refractivity contribution in [1.29, 1.82) is 0 Å². The molecule has 2 heterocycles. The topological polar surface area (TPSA) is 67.0 Å². The summed E-state index contributed by atoms with van der Waals surface area (Å²) in [4.78, 5) is 20.0. The van der Waals surface area contributed by atoms with E-state index in [0.29, 0.717) is 11.6 Å². The predicted octanol–water partition coefficient (Wildman–Crippen LogP) is 3.97. The minimum Gasteiger partial charge on any atom is -0.497 e. The molecular formula is C18H15N3O2S. The maximum atomic E-state index is 12.3. The van der Waals surface area contributed by atoms with Crippen LogP contribution in [-0.2, 0) is 11.2 Å². The van der Waals surface area contributed by atoms with Crippen LogP contribution in [0.15, 0.2) is 48.7 Å². The van der Waals surface area contributed by atoms with Crippen LogP contribution in [0.3, 0.4) is 0 Å². The number of aromatic amines is 1. The average molecular weight is 337 g/mol. The van der Waals surface area contributed by atoms with Crippen molar-refractivity contribution in [3.8, 4) is 5.75 Å². The van der Waals surface area contributed by atoms with E-state index in [1.807, 2.05) is 48.7 Å². The fraction of sp³-hybridized carbons (Fsp3) is 0.111. The van der Waals surface area contributed by atoms with Crippen LogP contribution in [0.2, 0.25) is 0 Å². The standard InChI is InChI=1S/C18H15N3O2S/c1-23-12-6-7-15-16(9-12)24-18(20-15)21-17(22)8-11-10-19-14-5-3-2-4-13(11)14/h2-7,9-10,19H,8H2,1H3,(H,20,21,22). The Morgan fingerprint density at radius 2 is 2.17 bits per heavy atom. The number of carbonyl (C=O) groups excluding carboxylic acids is 1. The summed E-state index contributed by atoms with van der Waals surface area (Å²) in [5, 5.41) is 4.56. The molecule has 0 radical (unpaired) electrons. The molecule has 0 unspecified atom stereocenters. The number of para-hydroxylation sites is 1. The van der Waals surface area contributed by atoms with Crippen molar-refractivity contribution in [2.75, 3.05) is 12.4 Å². The number of hydrogen-bond donors (Lipinski definition) is 2. The van der Waals surface area contributed by atoms with Gasteiger partial charge >= 0.3 is 0 Å². The maximum Gasteiger partial charge on any atom is 0.230 e. The van der Waals surface area contributed by atoms with Crippen molar-refractivity contribution in [1.82, 2.24) is 9.97 Å². The Labute approximate surface area is 142 Å². The van der Waals surface area contributed by atoms with Crippen molar-refractivity contribution >= 4 is 43.5 Å². The van der Waals surface area contributed by atoms with Crippen LogP contribution < -0.4 is 10.1 Å². The van der Waals surface area contributed by atoms with E-state index >= 15 is 0 Å². The predicted molar refractivity (Wildman–Crippen MR) is 96.8 cm³/mol. The second-order valence-corrected chi connectivity index (χ2v) is 6.47. The lowest BCUT2D eigenvalue weighted by Crippen LogP contribution is -2.13. The number of rotatable bonds is 4. The molecule has 0 atom stereocenters. The SMILES string of the molecule is COc1ccc2nc(NC(=O)Cc3c[nH]c4ccccc34)sc2c1. The quantitative estimate of drug-likeness (QED) is 0.592. The summed E-state index contributed by atoms with van der Waals surface area (Å²) in [7, 11) is 1.63. The fourth-order valence-electron chi connectivity index (χ4n) is 2.70. The van der Waals surface area contributed by atoms with Gasteiger partial charge in [0.25, 0.3) is 0 Å². The van der Waals surface area contributed by atoms with E-state index in [4.69, 9.17) is 4.74 Å². The first kappa shape index (κ1) is 14.7. The second-order valence-electron chi connectivity index (χ2n) is 5.44. The molecule has 1 amide bonds. The molecule has 2 N–H and O–H groups in total. The Hall–Kier alpha value is -2.86. The van der Waals surface area contributed by atoms with Gasteiger partial charge in [-0.1, -0.05) is 29.5 Å². The molecule has 0 saturated heterocycles. The highest BCUT2D eigenvalue weighted by molar-refractivity contribution is 7.22. The van der Waals surface area contributed by atoms with Gasteiger partial charge in [0.1, 0.15) is 5.75 Å². The molecule has 6 heteroatoms. The molecule has 24 heavy (non-hydrogen) atoms. The third kappa shape index (κ3) is 2.72. The summed E-state index contributed by atoms with van der Waals surface area (Å²) < 4.78 is 6.19. The molecule has 5 nitrogen and oxygen atoms in total. The third-order valence-corrected chi connectivity index (χ3v) is 4.80. The minimum absolute atomic E-state index is 0.0780. The van der Waals surface area contributed by atoms with Gasteiger partial charge in [-0.25, -0.2) is 4.98 Å². The first-order chi connectivity index (χ1) is 11.7. The highest BCUT2D eigenvalue weighted by Crippen LogP contribution is 2.29. The number of hydrogen-bond acceptors (Lipinski definition) is 4. The van der Waals surface area contributed by atoms with Crippen molar-refractivity contribution in [3.63, 3.8) is 0 Å². The second kappa shape index (κ2) is 5.98. The van der Waals surface area contributed by atoms with E-state index in [1.165, 1.54) is 11.3 Å². The number of nitrogens with zero attached hydrogens (tertiary/aromatic N) is 1. The van der Waals surface area contributed by atoms with Crippen molar-refractivity contribution < 1.29 is 9.53 Å². The van der Waals surface area contributed by atoms with Gasteiger partial charge in [0, 0.05) is 17.1 Å². The van der Waals surface area contributed by atoms with Gasteiger partial charge in [0.2, 0.25) is 5.91 Å². The Morgan fingerprint density at radius 3 is 3.04 bits per heavy atom. The molecule has 2 aromatic heterocycles. The molecule has 0 fully saturated rings. The molecule has 2 aromatic carbocycles. The van der Waals surface area contributed by atoms with Crippen LogP contribution in [0.1, 0.15) is 5.56 Å². The Kier molecular flexibility index (Phi) is 3.66. The molecule has 0 bridgehead atoms. The number of fused-ring (bicyclic) bond motifs is 2. The molecule has 0 aliphatic carbocycles. The molecule has 4 rings (SSSR count). The minimum atomic E-state index is -0.0780. The zero-order valence-electron chi connectivity index (χ0n) is 13.0. The summed E-state index contributed by atoms with van der Waals surface area (Å²) in [6, 6.07) is 13.6. The number of benzene rings is 2. The molecule has 0 aliphatic rings. The largest absolute Gasteiger partial charge is 0.497 e. The van der Waals surface area contributed by atoms with Crippen molar-refractivity contribution in [2.24, 2.45) is 0 Å². The number of anilines is 1. The first-order valence-electron chi connectivity index (χ1n) is 7.52. The monoisotopic (exact) mass is 337 g/mol. The van der Waals surface area contributed by atoms with Crippen LogP contribution in [0.4, 0.5) is 5.13 Å². The van der Waals surface area contributed by atoms with Crippen LogP contribution in [0, 0.1) is 0 Å². The van der Waals surface area contributed by atoms with E-state index in [9.17, 15) is 4.79 Å². The van der Waals surface area contributed by atoms with Crippen LogP contribution in [0.5, 0.6) is 5.75 Å². The van der Waals surface area contributed by atoms with Gasteiger partial charge in [-0.3, -0.25) is 4.79 Å². The molecular weight excluding hydrogens is 322 g/mol. The van der Waals surface area contributed by atoms with Crippen LogP contribution >= 0.6 is 11.3 Å². The lowest BCUT2D eigenvalue weighted by atomic mass is 10.1. The highest BCUT2D eigenvalue weighted by Gasteiger charge is 2.11. The van der Waals surface area contributed by atoms with E-state index in [0.717, 1.165) is 32.4 Å². The molecule has 0 spiro atoms. The summed E-state index contributed by atoms with van der Waals surface area (Å²) in [6.07, 6.45) is 2.19. The zero-order valence-corrected chi connectivity index (χ0v) is 13.8. The van der Waals surface area contributed by atoms with Gasteiger partial charge in [-0.05, 0) is 29.8 Å². The summed E-state index contributed by atoms with van der Waals surface area (Å²) >= 11 is 1.44.